The van der Waals surface area contributed by atoms with E-state index < -0.39 is 0 Å². The molecule has 0 aromatic heterocycles. The third-order valence-corrected chi connectivity index (χ3v) is 4.50. The number of hydrogen-bond acceptors (Lipinski definition) is 2. The van der Waals surface area contributed by atoms with E-state index in [4.69, 9.17) is 4.74 Å². The molecule has 110 valence electrons. The minimum Gasteiger partial charge on any atom is -0.446 e. The van der Waals surface area contributed by atoms with E-state index in [-0.39, 0.29) is 12.2 Å². The summed E-state index contributed by atoms with van der Waals surface area (Å²) in [6, 6.07) is 8.50. The second-order valence-corrected chi connectivity index (χ2v) is 6.33. The number of piperidine rings is 1. The first-order valence-electron chi connectivity index (χ1n) is 7.31. The first-order valence-corrected chi connectivity index (χ1v) is 8.10. The van der Waals surface area contributed by atoms with Gasteiger partial charge in [-0.25, -0.2) is 4.79 Å². The highest BCUT2D eigenvalue weighted by atomic mass is 79.9. The number of hydrogen-bond donors (Lipinski definition) is 0. The van der Waals surface area contributed by atoms with E-state index in [1.165, 1.54) is 5.56 Å². The molecular formula is C16H22BrNO2. The molecule has 1 aliphatic heterocycles. The van der Waals surface area contributed by atoms with Crippen molar-refractivity contribution in [3.63, 3.8) is 0 Å². The lowest BCUT2D eigenvalue weighted by Gasteiger charge is -2.32. The Labute approximate surface area is 129 Å². The van der Waals surface area contributed by atoms with E-state index in [0.29, 0.717) is 5.92 Å². The molecule has 0 radical (unpaired) electrons. The molecule has 0 N–H and O–H groups in total. The minimum absolute atomic E-state index is 0.00620. The number of rotatable bonds is 3. The van der Waals surface area contributed by atoms with Gasteiger partial charge in [0.25, 0.3) is 0 Å². The lowest BCUT2D eigenvalue weighted by atomic mass is 9.90. The zero-order valence-electron chi connectivity index (χ0n) is 12.1. The largest absolute Gasteiger partial charge is 0.446 e. The summed E-state index contributed by atoms with van der Waals surface area (Å²) in [4.78, 5) is 13.8. The fourth-order valence-electron chi connectivity index (χ4n) is 2.46. The van der Waals surface area contributed by atoms with E-state index in [1.807, 2.05) is 18.7 Å². The molecule has 0 bridgehead atoms. The first-order chi connectivity index (χ1) is 9.60. The maximum absolute atomic E-state index is 12.0. The number of ether oxygens (including phenoxy) is 1. The Kier molecular flexibility index (Phi) is 5.46. The SMILES string of the molecule is CCC(C)OC(=O)N1CCC(c2ccc(Br)cc2)CC1. The van der Waals surface area contributed by atoms with Gasteiger partial charge in [0.2, 0.25) is 0 Å². The molecule has 0 saturated carbocycles. The Morgan fingerprint density at radius 3 is 2.50 bits per heavy atom. The molecule has 1 aromatic carbocycles. The summed E-state index contributed by atoms with van der Waals surface area (Å²) in [6.07, 6.45) is 2.73. The Bertz CT molecular complexity index is 438. The van der Waals surface area contributed by atoms with Gasteiger partial charge in [0.15, 0.2) is 0 Å². The van der Waals surface area contributed by atoms with Gasteiger partial charge in [-0.3, -0.25) is 0 Å². The van der Waals surface area contributed by atoms with Crippen LogP contribution in [0.4, 0.5) is 4.79 Å². The van der Waals surface area contributed by atoms with Crippen molar-refractivity contribution >= 4 is 22.0 Å². The van der Waals surface area contributed by atoms with Gasteiger partial charge < -0.3 is 9.64 Å². The van der Waals surface area contributed by atoms with Crippen LogP contribution < -0.4 is 0 Å². The molecule has 3 nitrogen and oxygen atoms in total. The van der Waals surface area contributed by atoms with Gasteiger partial charge in [0, 0.05) is 17.6 Å². The van der Waals surface area contributed by atoms with E-state index in [1.54, 1.807) is 0 Å². The molecule has 0 spiro atoms. The van der Waals surface area contributed by atoms with Crippen LogP contribution in [-0.2, 0) is 4.74 Å². The maximum Gasteiger partial charge on any atom is 0.410 e. The lowest BCUT2D eigenvalue weighted by Crippen LogP contribution is -2.39. The van der Waals surface area contributed by atoms with Gasteiger partial charge in [-0.15, -0.1) is 0 Å². The Balaban J connectivity index is 1.86. The lowest BCUT2D eigenvalue weighted by molar-refractivity contribution is 0.0614. The third-order valence-electron chi connectivity index (χ3n) is 3.97. The predicted octanol–water partition coefficient (Wildman–Crippen LogP) is 4.56. The molecule has 0 aliphatic carbocycles. The van der Waals surface area contributed by atoms with Crippen molar-refractivity contribution in [3.05, 3.63) is 34.3 Å². The highest BCUT2D eigenvalue weighted by molar-refractivity contribution is 9.10. The molecule has 20 heavy (non-hydrogen) atoms. The van der Waals surface area contributed by atoms with Crippen LogP contribution >= 0.6 is 15.9 Å². The summed E-state index contributed by atoms with van der Waals surface area (Å²) in [6.45, 7) is 5.54. The molecule has 1 atom stereocenters. The quantitative estimate of drug-likeness (QED) is 0.807. The van der Waals surface area contributed by atoms with Crippen LogP contribution in [0.25, 0.3) is 0 Å². The first kappa shape index (κ1) is 15.4. The zero-order valence-corrected chi connectivity index (χ0v) is 13.7. The standard InChI is InChI=1S/C16H22BrNO2/c1-3-12(2)20-16(19)18-10-8-14(9-11-18)13-4-6-15(17)7-5-13/h4-7,12,14H,3,8-11H2,1-2H3. The number of halogens is 1. The summed E-state index contributed by atoms with van der Waals surface area (Å²) in [7, 11) is 0. The Hall–Kier alpha value is -1.03. The van der Waals surface area contributed by atoms with E-state index in [9.17, 15) is 4.79 Å². The zero-order chi connectivity index (χ0) is 14.5. The van der Waals surface area contributed by atoms with Crippen LogP contribution in [0.3, 0.4) is 0 Å². The number of likely N-dealkylation sites (tertiary alicyclic amines) is 1. The topological polar surface area (TPSA) is 29.5 Å². The van der Waals surface area contributed by atoms with E-state index in [2.05, 4.69) is 40.2 Å². The van der Waals surface area contributed by atoms with Gasteiger partial charge in [-0.05, 0) is 49.8 Å². The Morgan fingerprint density at radius 1 is 1.35 bits per heavy atom. The van der Waals surface area contributed by atoms with Crippen LogP contribution in [0.5, 0.6) is 0 Å². The van der Waals surface area contributed by atoms with Gasteiger partial charge in [-0.1, -0.05) is 35.0 Å². The fraction of sp³-hybridized carbons (Fsp3) is 0.562. The van der Waals surface area contributed by atoms with Crippen LogP contribution in [0, 0.1) is 0 Å². The molecule has 1 unspecified atom stereocenters. The van der Waals surface area contributed by atoms with Crippen molar-refractivity contribution < 1.29 is 9.53 Å². The number of amides is 1. The normalized spacial score (nSPS) is 17.9. The van der Waals surface area contributed by atoms with E-state index >= 15 is 0 Å². The molecule has 4 heteroatoms. The molecule has 1 aliphatic rings. The monoisotopic (exact) mass is 339 g/mol. The predicted molar refractivity (Wildman–Crippen MR) is 83.9 cm³/mol. The van der Waals surface area contributed by atoms with Crippen molar-refractivity contribution in [2.45, 2.75) is 45.1 Å². The number of benzene rings is 1. The minimum atomic E-state index is -0.159. The molecule has 1 fully saturated rings. The van der Waals surface area contributed by atoms with Crippen molar-refractivity contribution in [1.82, 2.24) is 4.90 Å². The van der Waals surface area contributed by atoms with Crippen LogP contribution in [-0.4, -0.2) is 30.2 Å². The number of nitrogens with zero attached hydrogens (tertiary/aromatic N) is 1. The van der Waals surface area contributed by atoms with Crippen LogP contribution in [0.15, 0.2) is 28.7 Å². The third kappa shape index (κ3) is 3.98. The van der Waals surface area contributed by atoms with Gasteiger partial charge in [0.1, 0.15) is 6.10 Å². The second kappa shape index (κ2) is 7.11. The Morgan fingerprint density at radius 2 is 1.95 bits per heavy atom. The average molecular weight is 340 g/mol. The molecule has 2 rings (SSSR count). The summed E-state index contributed by atoms with van der Waals surface area (Å²) in [5.41, 5.74) is 1.36. The van der Waals surface area contributed by atoms with E-state index in [0.717, 1.165) is 36.8 Å². The van der Waals surface area contributed by atoms with Crippen molar-refractivity contribution in [3.8, 4) is 0 Å². The molecule has 1 aromatic rings. The fourth-order valence-corrected chi connectivity index (χ4v) is 2.72. The summed E-state index contributed by atoms with van der Waals surface area (Å²) >= 11 is 3.46. The van der Waals surface area contributed by atoms with Crippen LogP contribution in [0.2, 0.25) is 0 Å². The highest BCUT2D eigenvalue weighted by Crippen LogP contribution is 2.29. The van der Waals surface area contributed by atoms with Crippen molar-refractivity contribution in [2.24, 2.45) is 0 Å². The van der Waals surface area contributed by atoms with Crippen molar-refractivity contribution in [1.29, 1.82) is 0 Å². The van der Waals surface area contributed by atoms with Crippen LogP contribution in [0.1, 0.15) is 44.6 Å². The summed E-state index contributed by atoms with van der Waals surface area (Å²) in [5.74, 6) is 0.552. The number of carbonyl (C=O) groups is 1. The summed E-state index contributed by atoms with van der Waals surface area (Å²) in [5, 5.41) is 0. The molecule has 1 heterocycles. The number of carbonyl (C=O) groups excluding carboxylic acids is 1. The summed E-state index contributed by atoms with van der Waals surface area (Å²) < 4.78 is 6.48. The van der Waals surface area contributed by atoms with Gasteiger partial charge >= 0.3 is 6.09 Å². The highest BCUT2D eigenvalue weighted by Gasteiger charge is 2.25. The average Bonchev–Trinajstić information content (AvgIpc) is 2.48. The second-order valence-electron chi connectivity index (χ2n) is 5.42. The molecule has 1 saturated heterocycles. The molecule has 1 amide bonds. The maximum atomic E-state index is 12.0. The van der Waals surface area contributed by atoms with Gasteiger partial charge in [0.05, 0.1) is 0 Å². The molecular weight excluding hydrogens is 318 g/mol. The van der Waals surface area contributed by atoms with Crippen molar-refractivity contribution in [2.75, 3.05) is 13.1 Å². The van der Waals surface area contributed by atoms with Gasteiger partial charge in [-0.2, -0.15) is 0 Å². The smallest absolute Gasteiger partial charge is 0.410 e.